The van der Waals surface area contributed by atoms with E-state index >= 15 is 0 Å². The summed E-state index contributed by atoms with van der Waals surface area (Å²) < 4.78 is 5.87. The lowest BCUT2D eigenvalue weighted by molar-refractivity contribution is 0.0259. The fourth-order valence-corrected chi connectivity index (χ4v) is 2.60. The highest BCUT2D eigenvalue weighted by Crippen LogP contribution is 2.27. The predicted molar refractivity (Wildman–Crippen MR) is 53.5 cm³/mol. The van der Waals surface area contributed by atoms with Crippen molar-refractivity contribution in [3.8, 4) is 0 Å². The molecular formula is C11H21NO. The first-order chi connectivity index (χ1) is 6.36. The summed E-state index contributed by atoms with van der Waals surface area (Å²) in [6, 6.07) is 0.321. The Morgan fingerprint density at radius 1 is 1.00 bits per heavy atom. The van der Waals surface area contributed by atoms with Crippen LogP contribution >= 0.6 is 0 Å². The average Bonchev–Trinajstić information content (AvgIpc) is 2.72. The van der Waals surface area contributed by atoms with E-state index < -0.39 is 0 Å². The highest BCUT2D eigenvalue weighted by molar-refractivity contribution is 4.81. The monoisotopic (exact) mass is 183 g/mol. The standard InChI is InChI=1S/C11H21NO/c12-10-6-3-7-11(10)13-8-9-4-1-2-5-9/h9-11H,1-8,12H2. The van der Waals surface area contributed by atoms with Crippen molar-refractivity contribution in [3.63, 3.8) is 0 Å². The van der Waals surface area contributed by atoms with Gasteiger partial charge >= 0.3 is 0 Å². The van der Waals surface area contributed by atoms with Crippen LogP contribution in [0.3, 0.4) is 0 Å². The highest BCUT2D eigenvalue weighted by Gasteiger charge is 2.26. The molecule has 0 spiro atoms. The SMILES string of the molecule is NC1CCCC1OCC1CCCC1. The molecule has 0 saturated heterocycles. The molecular weight excluding hydrogens is 162 g/mol. The minimum absolute atomic E-state index is 0.321. The maximum Gasteiger partial charge on any atom is 0.0726 e. The highest BCUT2D eigenvalue weighted by atomic mass is 16.5. The molecule has 0 aromatic heterocycles. The summed E-state index contributed by atoms with van der Waals surface area (Å²) in [5.74, 6) is 0.841. The van der Waals surface area contributed by atoms with Gasteiger partial charge in [-0.15, -0.1) is 0 Å². The fourth-order valence-electron chi connectivity index (χ4n) is 2.60. The molecule has 0 amide bonds. The Hall–Kier alpha value is -0.0800. The molecule has 0 aromatic carbocycles. The normalized spacial score (nSPS) is 35.8. The maximum absolute atomic E-state index is 5.94. The van der Waals surface area contributed by atoms with Crippen molar-refractivity contribution in [1.82, 2.24) is 0 Å². The van der Waals surface area contributed by atoms with E-state index in [0.29, 0.717) is 12.1 Å². The molecule has 13 heavy (non-hydrogen) atoms. The quantitative estimate of drug-likeness (QED) is 0.727. The fraction of sp³-hybridized carbons (Fsp3) is 1.00. The Morgan fingerprint density at radius 2 is 1.77 bits per heavy atom. The molecule has 2 fully saturated rings. The van der Waals surface area contributed by atoms with Gasteiger partial charge in [0.25, 0.3) is 0 Å². The summed E-state index contributed by atoms with van der Waals surface area (Å²) in [4.78, 5) is 0. The first-order valence-corrected chi connectivity index (χ1v) is 5.73. The largest absolute Gasteiger partial charge is 0.376 e. The van der Waals surface area contributed by atoms with E-state index in [9.17, 15) is 0 Å². The average molecular weight is 183 g/mol. The van der Waals surface area contributed by atoms with Crippen LogP contribution in [0.25, 0.3) is 0 Å². The summed E-state index contributed by atoms with van der Waals surface area (Å²) in [5.41, 5.74) is 5.94. The van der Waals surface area contributed by atoms with Crippen LogP contribution < -0.4 is 5.73 Å². The van der Waals surface area contributed by atoms with Crippen molar-refractivity contribution < 1.29 is 4.74 Å². The summed E-state index contributed by atoms with van der Waals surface area (Å²) >= 11 is 0. The van der Waals surface area contributed by atoms with Crippen molar-refractivity contribution in [3.05, 3.63) is 0 Å². The van der Waals surface area contributed by atoms with E-state index in [1.165, 1.54) is 38.5 Å². The van der Waals surface area contributed by atoms with Gasteiger partial charge in [-0.05, 0) is 38.0 Å². The smallest absolute Gasteiger partial charge is 0.0726 e. The summed E-state index contributed by atoms with van der Waals surface area (Å²) in [6.45, 7) is 0.971. The Labute approximate surface area is 80.8 Å². The molecule has 2 saturated carbocycles. The zero-order valence-electron chi connectivity index (χ0n) is 8.37. The van der Waals surface area contributed by atoms with Crippen LogP contribution in [-0.2, 0) is 4.74 Å². The number of nitrogens with two attached hydrogens (primary N) is 1. The third-order valence-electron chi connectivity index (χ3n) is 3.52. The van der Waals surface area contributed by atoms with Crippen molar-refractivity contribution >= 4 is 0 Å². The lowest BCUT2D eigenvalue weighted by Crippen LogP contribution is -2.32. The second-order valence-electron chi connectivity index (χ2n) is 4.62. The topological polar surface area (TPSA) is 35.2 Å². The van der Waals surface area contributed by atoms with E-state index in [0.717, 1.165) is 18.9 Å². The zero-order valence-corrected chi connectivity index (χ0v) is 8.37. The van der Waals surface area contributed by atoms with Gasteiger partial charge in [0.1, 0.15) is 0 Å². The van der Waals surface area contributed by atoms with Crippen LogP contribution in [0.2, 0.25) is 0 Å². The van der Waals surface area contributed by atoms with Gasteiger partial charge in [0.05, 0.1) is 6.10 Å². The maximum atomic E-state index is 5.94. The molecule has 76 valence electrons. The van der Waals surface area contributed by atoms with Gasteiger partial charge in [-0.25, -0.2) is 0 Å². The van der Waals surface area contributed by atoms with Crippen LogP contribution in [-0.4, -0.2) is 18.8 Å². The number of rotatable bonds is 3. The third-order valence-corrected chi connectivity index (χ3v) is 3.52. The third kappa shape index (κ3) is 2.44. The van der Waals surface area contributed by atoms with Crippen molar-refractivity contribution in [2.24, 2.45) is 11.7 Å². The molecule has 2 N–H and O–H groups in total. The van der Waals surface area contributed by atoms with E-state index in [1.807, 2.05) is 0 Å². The van der Waals surface area contributed by atoms with Crippen molar-refractivity contribution in [2.45, 2.75) is 57.1 Å². The van der Waals surface area contributed by atoms with Gasteiger partial charge in [-0.2, -0.15) is 0 Å². The molecule has 0 aromatic rings. The molecule has 2 rings (SSSR count). The summed E-state index contributed by atoms with van der Waals surface area (Å²) in [6.07, 6.45) is 9.56. The number of ether oxygens (including phenoxy) is 1. The van der Waals surface area contributed by atoms with Crippen molar-refractivity contribution in [2.75, 3.05) is 6.61 Å². The van der Waals surface area contributed by atoms with Crippen LogP contribution in [0.4, 0.5) is 0 Å². The molecule has 0 radical (unpaired) electrons. The van der Waals surface area contributed by atoms with Crippen LogP contribution in [0, 0.1) is 5.92 Å². The molecule has 2 atom stereocenters. The first kappa shape index (κ1) is 9.47. The predicted octanol–water partition coefficient (Wildman–Crippen LogP) is 2.07. The lowest BCUT2D eigenvalue weighted by atomic mass is 10.1. The summed E-state index contributed by atoms with van der Waals surface area (Å²) in [7, 11) is 0. The van der Waals surface area contributed by atoms with Crippen LogP contribution in [0.15, 0.2) is 0 Å². The van der Waals surface area contributed by atoms with E-state index in [4.69, 9.17) is 10.5 Å². The van der Waals surface area contributed by atoms with Crippen LogP contribution in [0.5, 0.6) is 0 Å². The molecule has 0 aliphatic heterocycles. The molecule has 2 nitrogen and oxygen atoms in total. The van der Waals surface area contributed by atoms with Gasteiger partial charge in [0.2, 0.25) is 0 Å². The Morgan fingerprint density at radius 3 is 2.38 bits per heavy atom. The van der Waals surface area contributed by atoms with Gasteiger partial charge < -0.3 is 10.5 Å². The number of hydrogen-bond donors (Lipinski definition) is 1. The Bertz CT molecular complexity index is 154. The second kappa shape index (κ2) is 4.43. The van der Waals surface area contributed by atoms with Crippen molar-refractivity contribution in [1.29, 1.82) is 0 Å². The van der Waals surface area contributed by atoms with Gasteiger partial charge in [-0.1, -0.05) is 12.8 Å². The lowest BCUT2D eigenvalue weighted by Gasteiger charge is -2.18. The molecule has 2 aliphatic rings. The number of hydrogen-bond acceptors (Lipinski definition) is 2. The minimum atomic E-state index is 0.321. The first-order valence-electron chi connectivity index (χ1n) is 5.73. The van der Waals surface area contributed by atoms with Gasteiger partial charge in [0.15, 0.2) is 0 Å². The minimum Gasteiger partial charge on any atom is -0.376 e. The summed E-state index contributed by atoms with van der Waals surface area (Å²) in [5, 5.41) is 0. The molecule has 2 unspecified atom stereocenters. The van der Waals surface area contributed by atoms with E-state index in [2.05, 4.69) is 0 Å². The van der Waals surface area contributed by atoms with Gasteiger partial charge in [-0.3, -0.25) is 0 Å². The zero-order chi connectivity index (χ0) is 9.10. The molecule has 2 aliphatic carbocycles. The Balaban J connectivity index is 1.66. The Kier molecular flexibility index (Phi) is 3.23. The molecule has 0 bridgehead atoms. The van der Waals surface area contributed by atoms with Gasteiger partial charge in [0, 0.05) is 12.6 Å². The van der Waals surface area contributed by atoms with E-state index in [1.54, 1.807) is 0 Å². The van der Waals surface area contributed by atoms with Crippen LogP contribution in [0.1, 0.15) is 44.9 Å². The molecule has 2 heteroatoms. The molecule has 0 heterocycles. The van der Waals surface area contributed by atoms with E-state index in [-0.39, 0.29) is 0 Å². The second-order valence-corrected chi connectivity index (χ2v) is 4.62.